The van der Waals surface area contributed by atoms with Gasteiger partial charge >= 0.3 is 0 Å². The molecule has 2 aromatic rings. The topological polar surface area (TPSA) is 88.1 Å². The lowest BCUT2D eigenvalue weighted by Crippen LogP contribution is -2.38. The van der Waals surface area contributed by atoms with Gasteiger partial charge in [-0.05, 0) is 6.07 Å². The first-order chi connectivity index (χ1) is 9.07. The van der Waals surface area contributed by atoms with Gasteiger partial charge in [-0.2, -0.15) is 4.31 Å². The fraction of sp³-hybridized carbons (Fsp3) is 0.273. The summed E-state index contributed by atoms with van der Waals surface area (Å²) in [4.78, 5) is 17.6. The van der Waals surface area contributed by atoms with Gasteiger partial charge in [-0.15, -0.1) is 0 Å². The molecule has 0 saturated carbocycles. The maximum Gasteiger partial charge on any atom is 0.247 e. The third-order valence-corrected chi connectivity index (χ3v) is 4.94. The van der Waals surface area contributed by atoms with Crippen molar-refractivity contribution in [2.75, 3.05) is 6.54 Å². The summed E-state index contributed by atoms with van der Waals surface area (Å²) in [5.74, 6) is 0.722. The Morgan fingerprint density at radius 2 is 2.11 bits per heavy atom. The number of hydrogen-bond acceptors (Lipinski definition) is 4. The third kappa shape index (κ3) is 2.08. The van der Waals surface area contributed by atoms with Crippen molar-refractivity contribution < 1.29 is 8.42 Å². The first-order valence-electron chi connectivity index (χ1n) is 5.76. The molecule has 1 aliphatic rings. The number of pyridine rings is 1. The van der Waals surface area contributed by atoms with Gasteiger partial charge in [-0.25, -0.2) is 13.4 Å². The molecule has 8 heteroatoms. The van der Waals surface area contributed by atoms with Gasteiger partial charge in [-0.3, -0.25) is 4.79 Å². The normalized spacial score (nSPS) is 16.2. The van der Waals surface area contributed by atoms with Crippen molar-refractivity contribution in [2.24, 2.45) is 0 Å². The molecule has 0 spiro atoms. The zero-order valence-electron chi connectivity index (χ0n) is 9.98. The van der Waals surface area contributed by atoms with E-state index in [4.69, 9.17) is 0 Å². The molecule has 7 nitrogen and oxygen atoms in total. The fourth-order valence-electron chi connectivity index (χ4n) is 2.06. The molecule has 0 aliphatic carbocycles. The molecule has 0 amide bonds. The lowest BCUT2D eigenvalue weighted by Gasteiger charge is -2.26. The Hall–Kier alpha value is -1.93. The molecule has 1 aliphatic heterocycles. The summed E-state index contributed by atoms with van der Waals surface area (Å²) in [5.41, 5.74) is -0.326. The van der Waals surface area contributed by atoms with Crippen LogP contribution in [0.4, 0.5) is 0 Å². The first kappa shape index (κ1) is 12.1. The second-order valence-corrected chi connectivity index (χ2v) is 6.20. The quantitative estimate of drug-likeness (QED) is 0.823. The summed E-state index contributed by atoms with van der Waals surface area (Å²) >= 11 is 0. The van der Waals surface area contributed by atoms with E-state index in [1.165, 1.54) is 22.6 Å². The van der Waals surface area contributed by atoms with Crippen LogP contribution in [0, 0.1) is 0 Å². The van der Waals surface area contributed by atoms with Crippen LogP contribution in [0.1, 0.15) is 5.82 Å². The van der Waals surface area contributed by atoms with Crippen molar-refractivity contribution in [3.05, 3.63) is 46.9 Å². The molecule has 1 N–H and O–H groups in total. The lowest BCUT2D eigenvalue weighted by atomic mass is 10.4. The number of rotatable bonds is 2. The first-order valence-corrected chi connectivity index (χ1v) is 7.20. The number of nitrogens with zero attached hydrogens (tertiary/aromatic N) is 3. The Morgan fingerprint density at radius 1 is 1.26 bits per heavy atom. The molecule has 0 fully saturated rings. The van der Waals surface area contributed by atoms with Crippen molar-refractivity contribution in [3.8, 4) is 0 Å². The van der Waals surface area contributed by atoms with Crippen molar-refractivity contribution in [2.45, 2.75) is 18.0 Å². The van der Waals surface area contributed by atoms with Gasteiger partial charge in [0.25, 0.3) is 0 Å². The van der Waals surface area contributed by atoms with Gasteiger partial charge in [0, 0.05) is 37.7 Å². The van der Waals surface area contributed by atoms with Crippen LogP contribution in [-0.4, -0.2) is 33.8 Å². The Morgan fingerprint density at radius 3 is 2.84 bits per heavy atom. The number of aromatic amines is 1. The minimum Gasteiger partial charge on any atom is -0.333 e. The number of nitrogens with one attached hydrogen (secondary N) is 1. The monoisotopic (exact) mass is 280 g/mol. The van der Waals surface area contributed by atoms with Crippen molar-refractivity contribution in [3.63, 3.8) is 0 Å². The summed E-state index contributed by atoms with van der Waals surface area (Å²) in [6, 6.07) is 2.52. The average Bonchev–Trinajstić information content (AvgIpc) is 2.86. The zero-order chi connectivity index (χ0) is 13.5. The molecule has 3 heterocycles. The van der Waals surface area contributed by atoms with Crippen LogP contribution in [-0.2, 0) is 23.1 Å². The molecule has 0 atom stereocenters. The van der Waals surface area contributed by atoms with Crippen LogP contribution in [0.2, 0.25) is 0 Å². The molecule has 0 unspecified atom stereocenters. The summed E-state index contributed by atoms with van der Waals surface area (Å²) in [5, 5.41) is 0. The predicted octanol–water partition coefficient (Wildman–Crippen LogP) is -0.224. The smallest absolute Gasteiger partial charge is 0.247 e. The van der Waals surface area contributed by atoms with Gasteiger partial charge in [0.05, 0.1) is 11.4 Å². The van der Waals surface area contributed by atoms with E-state index >= 15 is 0 Å². The van der Waals surface area contributed by atoms with E-state index in [2.05, 4.69) is 9.97 Å². The zero-order valence-corrected chi connectivity index (χ0v) is 10.8. The minimum atomic E-state index is -3.59. The Balaban J connectivity index is 1.94. The third-order valence-electron chi connectivity index (χ3n) is 3.10. The molecule has 100 valence electrons. The van der Waals surface area contributed by atoms with Gasteiger partial charge in [0.15, 0.2) is 0 Å². The van der Waals surface area contributed by atoms with E-state index in [1.807, 2.05) is 10.8 Å². The van der Waals surface area contributed by atoms with Crippen molar-refractivity contribution in [1.82, 2.24) is 18.8 Å². The lowest BCUT2D eigenvalue weighted by molar-refractivity contribution is 0.335. The fourth-order valence-corrected chi connectivity index (χ4v) is 3.42. The Kier molecular flexibility index (Phi) is 2.76. The Bertz CT molecular complexity index is 742. The van der Waals surface area contributed by atoms with Crippen molar-refractivity contribution in [1.29, 1.82) is 0 Å². The van der Waals surface area contributed by atoms with Crippen LogP contribution in [0.25, 0.3) is 0 Å². The van der Waals surface area contributed by atoms with Crippen LogP contribution in [0.5, 0.6) is 0 Å². The number of aromatic nitrogens is 3. The number of imidazole rings is 1. The SMILES string of the molecule is O=c1ccc(S(=O)(=O)N2CCn3ccnc3C2)c[nH]1. The maximum atomic E-state index is 12.4. The van der Waals surface area contributed by atoms with E-state index in [-0.39, 0.29) is 17.0 Å². The highest BCUT2D eigenvalue weighted by atomic mass is 32.2. The van der Waals surface area contributed by atoms with E-state index in [0.717, 1.165) is 5.82 Å². The van der Waals surface area contributed by atoms with Gasteiger partial charge in [-0.1, -0.05) is 0 Å². The molecule has 0 saturated heterocycles. The average molecular weight is 280 g/mol. The second-order valence-electron chi connectivity index (χ2n) is 4.26. The van der Waals surface area contributed by atoms with Crippen molar-refractivity contribution >= 4 is 10.0 Å². The maximum absolute atomic E-state index is 12.4. The molecular formula is C11H12N4O3S. The van der Waals surface area contributed by atoms with E-state index in [1.54, 1.807) is 6.20 Å². The van der Waals surface area contributed by atoms with Crippen LogP contribution < -0.4 is 5.56 Å². The summed E-state index contributed by atoms with van der Waals surface area (Å²) in [6.07, 6.45) is 4.71. The molecular weight excluding hydrogens is 268 g/mol. The number of hydrogen-bond donors (Lipinski definition) is 1. The van der Waals surface area contributed by atoms with Crippen LogP contribution >= 0.6 is 0 Å². The predicted molar refractivity (Wildman–Crippen MR) is 66.9 cm³/mol. The highest BCUT2D eigenvalue weighted by Crippen LogP contribution is 2.19. The molecule has 0 bridgehead atoms. The molecule has 0 radical (unpaired) electrons. The standard InChI is InChI=1S/C11H12N4O3S/c16-11-2-1-9(7-13-11)19(17,18)15-6-5-14-4-3-12-10(14)8-15/h1-4,7H,5-6,8H2,(H,13,16). The summed E-state index contributed by atoms with van der Waals surface area (Å²) < 4.78 is 28.1. The van der Waals surface area contributed by atoms with Crippen LogP contribution in [0.3, 0.4) is 0 Å². The molecule has 0 aromatic carbocycles. The molecule has 2 aromatic heterocycles. The minimum absolute atomic E-state index is 0.0899. The Labute approximate surface area is 109 Å². The van der Waals surface area contributed by atoms with Crippen LogP contribution in [0.15, 0.2) is 40.4 Å². The highest BCUT2D eigenvalue weighted by molar-refractivity contribution is 7.89. The number of fused-ring (bicyclic) bond motifs is 1. The van der Waals surface area contributed by atoms with Gasteiger partial charge < -0.3 is 9.55 Å². The number of sulfonamides is 1. The van der Waals surface area contributed by atoms with E-state index in [0.29, 0.717) is 13.1 Å². The number of H-pyrrole nitrogens is 1. The highest BCUT2D eigenvalue weighted by Gasteiger charge is 2.28. The molecule has 19 heavy (non-hydrogen) atoms. The largest absolute Gasteiger partial charge is 0.333 e. The summed E-state index contributed by atoms with van der Waals surface area (Å²) in [7, 11) is -3.59. The second kappa shape index (κ2) is 4.32. The van der Waals surface area contributed by atoms with Gasteiger partial charge in [0.2, 0.25) is 15.6 Å². The van der Waals surface area contributed by atoms with E-state index in [9.17, 15) is 13.2 Å². The van der Waals surface area contributed by atoms with E-state index < -0.39 is 10.0 Å². The molecule has 3 rings (SSSR count). The van der Waals surface area contributed by atoms with Gasteiger partial charge in [0.1, 0.15) is 5.82 Å². The summed E-state index contributed by atoms with van der Waals surface area (Å²) in [6.45, 7) is 1.22.